The number of anilines is 2. The fourth-order valence-electron chi connectivity index (χ4n) is 1.99. The monoisotopic (exact) mass is 377 g/mol. The van der Waals surface area contributed by atoms with Gasteiger partial charge in [-0.1, -0.05) is 13.8 Å². The molecule has 2 rings (SSSR count). The highest BCUT2D eigenvalue weighted by molar-refractivity contribution is 7.13. The van der Waals surface area contributed by atoms with Crippen molar-refractivity contribution in [3.63, 3.8) is 0 Å². The molecular weight excluding hydrogens is 354 g/mol. The van der Waals surface area contributed by atoms with Crippen molar-refractivity contribution in [3.8, 4) is 5.75 Å². The Morgan fingerprint density at radius 1 is 1.23 bits per heavy atom. The van der Waals surface area contributed by atoms with E-state index >= 15 is 0 Å². The minimum Gasteiger partial charge on any atom is -0.497 e. The highest BCUT2D eigenvalue weighted by Crippen LogP contribution is 2.17. The lowest BCUT2D eigenvalue weighted by Crippen LogP contribution is -2.21. The van der Waals surface area contributed by atoms with Gasteiger partial charge >= 0.3 is 5.97 Å². The van der Waals surface area contributed by atoms with Crippen LogP contribution in [0.5, 0.6) is 5.75 Å². The normalized spacial score (nSPS) is 10.5. The molecule has 0 atom stereocenters. The number of benzene rings is 1. The molecule has 2 aromatic rings. The molecule has 1 heterocycles. The van der Waals surface area contributed by atoms with E-state index in [4.69, 9.17) is 9.47 Å². The molecule has 26 heavy (non-hydrogen) atoms. The zero-order chi connectivity index (χ0) is 18.9. The number of ether oxygens (including phenoxy) is 2. The third kappa shape index (κ3) is 6.36. The van der Waals surface area contributed by atoms with Crippen LogP contribution in [-0.2, 0) is 9.53 Å². The largest absolute Gasteiger partial charge is 0.497 e. The summed E-state index contributed by atoms with van der Waals surface area (Å²) in [6, 6.07) is 6.86. The Labute approximate surface area is 156 Å². The van der Waals surface area contributed by atoms with E-state index in [0.717, 1.165) is 13.0 Å². The molecule has 1 aromatic heterocycles. The molecule has 0 radical (unpaired) electrons. The number of thiazole rings is 1. The zero-order valence-electron chi connectivity index (χ0n) is 15.1. The summed E-state index contributed by atoms with van der Waals surface area (Å²) in [7, 11) is 1.57. The van der Waals surface area contributed by atoms with Gasteiger partial charge in [0.05, 0.1) is 7.11 Å². The molecule has 0 aliphatic heterocycles. The number of esters is 1. The van der Waals surface area contributed by atoms with Gasteiger partial charge in [0.1, 0.15) is 5.75 Å². The Kier molecular flexibility index (Phi) is 7.40. The van der Waals surface area contributed by atoms with Crippen molar-refractivity contribution in [3.05, 3.63) is 35.3 Å². The summed E-state index contributed by atoms with van der Waals surface area (Å²) in [5, 5.41) is 8.09. The third-order valence-electron chi connectivity index (χ3n) is 3.42. The average Bonchev–Trinajstić information content (AvgIpc) is 3.09. The number of rotatable bonds is 9. The van der Waals surface area contributed by atoms with Gasteiger partial charge in [0.15, 0.2) is 17.4 Å². The molecule has 0 aliphatic carbocycles. The van der Waals surface area contributed by atoms with Crippen LogP contribution in [0.15, 0.2) is 29.6 Å². The highest BCUT2D eigenvalue weighted by atomic mass is 32.1. The molecule has 0 saturated carbocycles. The number of nitrogens with one attached hydrogen (secondary N) is 2. The SMILES string of the molecule is COc1ccc(NC(=O)COC(=O)c2csc(NCCC(C)C)n2)cc1. The second kappa shape index (κ2) is 9.76. The predicted molar refractivity (Wildman–Crippen MR) is 102 cm³/mol. The van der Waals surface area contributed by atoms with Crippen LogP contribution in [0.4, 0.5) is 10.8 Å². The molecule has 0 saturated heterocycles. The quantitative estimate of drug-likeness (QED) is 0.651. The van der Waals surface area contributed by atoms with Gasteiger partial charge < -0.3 is 20.1 Å². The highest BCUT2D eigenvalue weighted by Gasteiger charge is 2.14. The first-order valence-electron chi connectivity index (χ1n) is 8.28. The smallest absolute Gasteiger partial charge is 0.358 e. The fraction of sp³-hybridized carbons (Fsp3) is 0.389. The summed E-state index contributed by atoms with van der Waals surface area (Å²) in [6.07, 6.45) is 1.02. The van der Waals surface area contributed by atoms with E-state index < -0.39 is 11.9 Å². The number of hydrogen-bond acceptors (Lipinski definition) is 7. The van der Waals surface area contributed by atoms with Crippen LogP contribution in [0.1, 0.15) is 30.8 Å². The lowest BCUT2D eigenvalue weighted by molar-refractivity contribution is -0.119. The average molecular weight is 377 g/mol. The second-order valence-electron chi connectivity index (χ2n) is 6.00. The lowest BCUT2D eigenvalue weighted by atomic mass is 10.1. The molecule has 7 nitrogen and oxygen atoms in total. The number of methoxy groups -OCH3 is 1. The number of carbonyl (C=O) groups excluding carboxylic acids is 2. The van der Waals surface area contributed by atoms with Gasteiger partial charge in [-0.25, -0.2) is 9.78 Å². The second-order valence-corrected chi connectivity index (χ2v) is 6.86. The number of amides is 1. The molecule has 0 aliphatic rings. The van der Waals surface area contributed by atoms with Crippen molar-refractivity contribution >= 4 is 34.0 Å². The van der Waals surface area contributed by atoms with Crippen LogP contribution >= 0.6 is 11.3 Å². The van der Waals surface area contributed by atoms with Crippen molar-refractivity contribution in [1.82, 2.24) is 4.98 Å². The number of nitrogens with zero attached hydrogens (tertiary/aromatic N) is 1. The Morgan fingerprint density at radius 2 is 1.96 bits per heavy atom. The van der Waals surface area contributed by atoms with Gasteiger partial charge in [-0.15, -0.1) is 11.3 Å². The van der Waals surface area contributed by atoms with Gasteiger partial charge in [0.25, 0.3) is 5.91 Å². The summed E-state index contributed by atoms with van der Waals surface area (Å²) < 4.78 is 10.1. The Morgan fingerprint density at radius 3 is 2.62 bits per heavy atom. The minimum atomic E-state index is -0.622. The molecule has 0 unspecified atom stereocenters. The maximum absolute atomic E-state index is 12.0. The molecule has 0 bridgehead atoms. The van der Waals surface area contributed by atoms with E-state index in [1.807, 2.05) is 0 Å². The maximum atomic E-state index is 12.0. The zero-order valence-corrected chi connectivity index (χ0v) is 15.9. The number of aromatic nitrogens is 1. The van der Waals surface area contributed by atoms with Gasteiger partial charge in [-0.2, -0.15) is 0 Å². The van der Waals surface area contributed by atoms with Crippen LogP contribution in [0.3, 0.4) is 0 Å². The van der Waals surface area contributed by atoms with E-state index in [1.165, 1.54) is 11.3 Å². The van der Waals surface area contributed by atoms with Crippen molar-refractivity contribution < 1.29 is 19.1 Å². The molecule has 140 valence electrons. The van der Waals surface area contributed by atoms with Crippen LogP contribution in [0.25, 0.3) is 0 Å². The number of hydrogen-bond donors (Lipinski definition) is 2. The van der Waals surface area contributed by atoms with Crippen molar-refractivity contribution in [2.24, 2.45) is 5.92 Å². The first-order chi connectivity index (χ1) is 12.5. The first-order valence-corrected chi connectivity index (χ1v) is 9.16. The van der Waals surface area contributed by atoms with Crippen LogP contribution in [0.2, 0.25) is 0 Å². The summed E-state index contributed by atoms with van der Waals surface area (Å²) in [5.74, 6) is 0.240. The van der Waals surface area contributed by atoms with Crippen molar-refractivity contribution in [2.45, 2.75) is 20.3 Å². The maximum Gasteiger partial charge on any atom is 0.358 e. The van der Waals surface area contributed by atoms with Gasteiger partial charge in [0, 0.05) is 17.6 Å². The van der Waals surface area contributed by atoms with Crippen LogP contribution in [0, 0.1) is 5.92 Å². The van der Waals surface area contributed by atoms with Gasteiger partial charge in [-0.3, -0.25) is 4.79 Å². The Bertz CT molecular complexity index is 728. The third-order valence-corrected chi connectivity index (χ3v) is 4.22. The van der Waals surface area contributed by atoms with Gasteiger partial charge in [-0.05, 0) is 36.6 Å². The van der Waals surface area contributed by atoms with Crippen LogP contribution in [-0.4, -0.2) is 37.1 Å². The van der Waals surface area contributed by atoms with E-state index in [1.54, 1.807) is 36.8 Å². The summed E-state index contributed by atoms with van der Waals surface area (Å²) >= 11 is 1.33. The molecule has 0 spiro atoms. The standard InChI is InChI=1S/C18H23N3O4S/c1-12(2)8-9-19-18-21-15(11-26-18)17(23)25-10-16(22)20-13-4-6-14(24-3)7-5-13/h4-7,11-12H,8-10H2,1-3H3,(H,19,21)(H,20,22). The van der Waals surface area contributed by atoms with E-state index in [0.29, 0.717) is 22.5 Å². The van der Waals surface area contributed by atoms with Crippen molar-refractivity contribution in [1.29, 1.82) is 0 Å². The molecule has 0 fully saturated rings. The molecule has 8 heteroatoms. The molecule has 2 N–H and O–H groups in total. The van der Waals surface area contributed by atoms with E-state index in [-0.39, 0.29) is 12.3 Å². The van der Waals surface area contributed by atoms with Gasteiger partial charge in [0.2, 0.25) is 0 Å². The molecular formula is C18H23N3O4S. The topological polar surface area (TPSA) is 89.5 Å². The minimum absolute atomic E-state index is 0.194. The lowest BCUT2D eigenvalue weighted by Gasteiger charge is -2.06. The van der Waals surface area contributed by atoms with Crippen molar-refractivity contribution in [2.75, 3.05) is 30.9 Å². The summed E-state index contributed by atoms with van der Waals surface area (Å²) in [6.45, 7) is 4.70. The summed E-state index contributed by atoms with van der Waals surface area (Å²) in [5.41, 5.74) is 0.788. The van der Waals surface area contributed by atoms with E-state index in [9.17, 15) is 9.59 Å². The Balaban J connectivity index is 1.76. The summed E-state index contributed by atoms with van der Waals surface area (Å²) in [4.78, 5) is 28.0. The molecule has 1 aromatic carbocycles. The Hall–Kier alpha value is -2.61. The molecule has 1 amide bonds. The first kappa shape index (κ1) is 19.7. The fourth-order valence-corrected chi connectivity index (χ4v) is 2.70. The van der Waals surface area contributed by atoms with E-state index in [2.05, 4.69) is 29.5 Å². The van der Waals surface area contributed by atoms with Crippen LogP contribution < -0.4 is 15.4 Å². The predicted octanol–water partition coefficient (Wildman–Crippen LogP) is 3.41. The number of carbonyl (C=O) groups is 2.